The summed E-state index contributed by atoms with van der Waals surface area (Å²) in [5.74, 6) is 0.120. The molecule has 106 valence electrons. The summed E-state index contributed by atoms with van der Waals surface area (Å²) in [7, 11) is 1.97. The van der Waals surface area contributed by atoms with Gasteiger partial charge in [0.15, 0.2) is 0 Å². The van der Waals surface area contributed by atoms with Crippen LogP contribution in [0.5, 0.6) is 0 Å². The van der Waals surface area contributed by atoms with Crippen molar-refractivity contribution in [3.63, 3.8) is 0 Å². The molecule has 1 aliphatic carbocycles. The number of carbonyl (C=O) groups excluding carboxylic acids is 1. The van der Waals surface area contributed by atoms with E-state index in [9.17, 15) is 4.79 Å². The summed E-state index contributed by atoms with van der Waals surface area (Å²) in [4.78, 5) is 11.9. The molecule has 1 amide bonds. The summed E-state index contributed by atoms with van der Waals surface area (Å²) in [6.45, 7) is 4.90. The molecule has 1 heterocycles. The highest BCUT2D eigenvalue weighted by molar-refractivity contribution is 5.76. The maximum Gasteiger partial charge on any atom is 0.221 e. The third-order valence-electron chi connectivity index (χ3n) is 3.62. The number of nitrogens with one attached hydrogen (secondary N) is 2. The number of hydrogen-bond donors (Lipinski definition) is 2. The Morgan fingerprint density at radius 3 is 3.11 bits per heavy atom. The highest BCUT2D eigenvalue weighted by Crippen LogP contribution is 2.28. The molecule has 1 aliphatic rings. The summed E-state index contributed by atoms with van der Waals surface area (Å²) in [6, 6.07) is 0.566. The monoisotopic (exact) mass is 264 g/mol. The molecule has 0 bridgehead atoms. The van der Waals surface area contributed by atoms with Gasteiger partial charge in [-0.15, -0.1) is 0 Å². The lowest BCUT2D eigenvalue weighted by molar-refractivity contribution is -0.121. The standard InChI is InChI=1S/C14H24N4O/c1-10(2)15-8-7-14(19)17-12-5-4-6-13-11(12)9-16-18(13)3/h9-10,12,15H,4-8H2,1-3H3,(H,17,19). The van der Waals surface area contributed by atoms with E-state index in [4.69, 9.17) is 0 Å². The van der Waals surface area contributed by atoms with E-state index in [1.54, 1.807) is 0 Å². The number of hydrogen-bond acceptors (Lipinski definition) is 3. The molecule has 2 N–H and O–H groups in total. The van der Waals surface area contributed by atoms with Gasteiger partial charge in [0.25, 0.3) is 0 Å². The molecule has 0 aromatic carbocycles. The van der Waals surface area contributed by atoms with Crippen LogP contribution >= 0.6 is 0 Å². The molecule has 0 fully saturated rings. The van der Waals surface area contributed by atoms with Crippen molar-refractivity contribution >= 4 is 5.91 Å². The van der Waals surface area contributed by atoms with Crippen molar-refractivity contribution in [1.29, 1.82) is 0 Å². The second-order valence-electron chi connectivity index (χ2n) is 5.54. The highest BCUT2D eigenvalue weighted by Gasteiger charge is 2.24. The first-order chi connectivity index (χ1) is 9.08. The van der Waals surface area contributed by atoms with Crippen LogP contribution < -0.4 is 10.6 Å². The Bertz CT molecular complexity index is 439. The minimum Gasteiger partial charge on any atom is -0.349 e. The maximum atomic E-state index is 11.9. The molecular formula is C14H24N4O. The third kappa shape index (κ3) is 3.56. The number of fused-ring (bicyclic) bond motifs is 1. The molecular weight excluding hydrogens is 240 g/mol. The Morgan fingerprint density at radius 2 is 2.37 bits per heavy atom. The van der Waals surface area contributed by atoms with Crippen LogP contribution in [0.3, 0.4) is 0 Å². The van der Waals surface area contributed by atoms with Crippen LogP contribution in [-0.4, -0.2) is 28.3 Å². The van der Waals surface area contributed by atoms with Crippen molar-refractivity contribution in [2.45, 2.75) is 51.6 Å². The van der Waals surface area contributed by atoms with Gasteiger partial charge in [0.2, 0.25) is 5.91 Å². The zero-order valence-electron chi connectivity index (χ0n) is 12.1. The van der Waals surface area contributed by atoms with E-state index in [0.29, 0.717) is 12.5 Å². The molecule has 5 heteroatoms. The van der Waals surface area contributed by atoms with Crippen LogP contribution in [0, 0.1) is 0 Å². The van der Waals surface area contributed by atoms with Crippen LogP contribution in [0.2, 0.25) is 0 Å². The molecule has 0 aliphatic heterocycles. The Labute approximate surface area is 114 Å². The molecule has 1 atom stereocenters. The third-order valence-corrected chi connectivity index (χ3v) is 3.62. The number of carbonyl (C=O) groups is 1. The van der Waals surface area contributed by atoms with Gasteiger partial charge in [-0.25, -0.2) is 0 Å². The van der Waals surface area contributed by atoms with Crippen LogP contribution in [0.15, 0.2) is 6.20 Å². The number of rotatable bonds is 5. The van der Waals surface area contributed by atoms with E-state index in [0.717, 1.165) is 25.8 Å². The highest BCUT2D eigenvalue weighted by atomic mass is 16.1. The molecule has 0 radical (unpaired) electrons. The van der Waals surface area contributed by atoms with Crippen molar-refractivity contribution in [3.8, 4) is 0 Å². The molecule has 2 rings (SSSR count). The molecule has 0 saturated heterocycles. The Morgan fingerprint density at radius 1 is 1.58 bits per heavy atom. The number of nitrogens with zero attached hydrogens (tertiary/aromatic N) is 2. The SMILES string of the molecule is CC(C)NCCC(=O)NC1CCCc2c1cnn2C. The summed E-state index contributed by atoms with van der Waals surface area (Å²) in [5, 5.41) is 10.7. The summed E-state index contributed by atoms with van der Waals surface area (Å²) in [6.07, 6.45) is 5.62. The van der Waals surface area contributed by atoms with Gasteiger partial charge >= 0.3 is 0 Å². The van der Waals surface area contributed by atoms with Gasteiger partial charge < -0.3 is 10.6 Å². The van der Waals surface area contributed by atoms with Crippen LogP contribution in [0.4, 0.5) is 0 Å². The van der Waals surface area contributed by atoms with E-state index in [1.165, 1.54) is 11.3 Å². The topological polar surface area (TPSA) is 59.0 Å². The van der Waals surface area contributed by atoms with Gasteiger partial charge in [0.05, 0.1) is 12.2 Å². The normalized spacial score (nSPS) is 18.4. The number of aromatic nitrogens is 2. The van der Waals surface area contributed by atoms with Gasteiger partial charge in [-0.2, -0.15) is 5.10 Å². The second kappa shape index (κ2) is 6.19. The van der Waals surface area contributed by atoms with Gasteiger partial charge in [-0.05, 0) is 19.3 Å². The fourth-order valence-corrected chi connectivity index (χ4v) is 2.60. The van der Waals surface area contributed by atoms with E-state index in [1.807, 2.05) is 17.9 Å². The van der Waals surface area contributed by atoms with Crippen molar-refractivity contribution in [3.05, 3.63) is 17.5 Å². The average Bonchev–Trinajstić information content (AvgIpc) is 2.72. The van der Waals surface area contributed by atoms with Gasteiger partial charge in [-0.3, -0.25) is 9.48 Å². The number of aryl methyl sites for hydroxylation is 1. The van der Waals surface area contributed by atoms with Crippen molar-refractivity contribution < 1.29 is 4.79 Å². The zero-order chi connectivity index (χ0) is 13.8. The first kappa shape index (κ1) is 14.1. The largest absolute Gasteiger partial charge is 0.349 e. The van der Waals surface area contributed by atoms with Gasteiger partial charge in [-0.1, -0.05) is 13.8 Å². The summed E-state index contributed by atoms with van der Waals surface area (Å²) in [5.41, 5.74) is 2.45. The minimum absolute atomic E-state index is 0.120. The van der Waals surface area contributed by atoms with E-state index in [-0.39, 0.29) is 11.9 Å². The first-order valence-electron chi connectivity index (χ1n) is 7.11. The lowest BCUT2D eigenvalue weighted by atomic mass is 9.93. The van der Waals surface area contributed by atoms with Crippen molar-refractivity contribution in [1.82, 2.24) is 20.4 Å². The summed E-state index contributed by atoms with van der Waals surface area (Å²) < 4.78 is 1.92. The van der Waals surface area contributed by atoms with Crippen LogP contribution in [0.25, 0.3) is 0 Å². The minimum atomic E-state index is 0.120. The molecule has 1 aromatic heterocycles. The van der Waals surface area contributed by atoms with E-state index < -0.39 is 0 Å². The quantitative estimate of drug-likeness (QED) is 0.843. The Hall–Kier alpha value is -1.36. The predicted octanol–water partition coefficient (Wildman–Crippen LogP) is 1.30. The lowest BCUT2D eigenvalue weighted by Crippen LogP contribution is -2.34. The van der Waals surface area contributed by atoms with Gasteiger partial charge in [0.1, 0.15) is 0 Å². The lowest BCUT2D eigenvalue weighted by Gasteiger charge is -2.24. The maximum absolute atomic E-state index is 11.9. The average molecular weight is 264 g/mol. The Balaban J connectivity index is 1.88. The molecule has 0 saturated carbocycles. The Kier molecular flexibility index (Phi) is 4.58. The van der Waals surface area contributed by atoms with Crippen molar-refractivity contribution in [2.24, 2.45) is 7.05 Å². The first-order valence-corrected chi connectivity index (χ1v) is 7.11. The van der Waals surface area contributed by atoms with Gasteiger partial charge in [0, 0.05) is 37.3 Å². The fourth-order valence-electron chi connectivity index (χ4n) is 2.60. The predicted molar refractivity (Wildman–Crippen MR) is 74.8 cm³/mol. The smallest absolute Gasteiger partial charge is 0.221 e. The molecule has 1 unspecified atom stereocenters. The van der Waals surface area contributed by atoms with Crippen LogP contribution in [-0.2, 0) is 18.3 Å². The fraction of sp³-hybridized carbons (Fsp3) is 0.714. The second-order valence-corrected chi connectivity index (χ2v) is 5.54. The zero-order valence-corrected chi connectivity index (χ0v) is 12.1. The van der Waals surface area contributed by atoms with Crippen molar-refractivity contribution in [2.75, 3.05) is 6.54 Å². The molecule has 1 aromatic rings. The molecule has 19 heavy (non-hydrogen) atoms. The number of amides is 1. The summed E-state index contributed by atoms with van der Waals surface area (Å²) >= 11 is 0. The van der Waals surface area contributed by atoms with E-state index >= 15 is 0 Å². The van der Waals surface area contributed by atoms with E-state index in [2.05, 4.69) is 29.6 Å². The molecule has 5 nitrogen and oxygen atoms in total. The van der Waals surface area contributed by atoms with Crippen LogP contribution in [0.1, 0.15) is 50.4 Å². The molecule has 0 spiro atoms.